The number of halogens is 1. The maximum atomic E-state index is 12.8. The number of hydrogen-bond acceptors (Lipinski definition) is 6. The standard InChI is InChI=1S/C27H24ClN7OS/c1-18(26(36)33-31-16-19-15-30-24-10-6-5-9-23(19)24)37-27-34-32-25(35(27)22-7-3-2-4-8-22)17-29-21-13-11-20(28)12-14-21/h2-16,18,29-30H,17H2,1H3,(H,33,36)/b31-16+/t18-/m0/s1. The minimum absolute atomic E-state index is 0.232. The lowest BCUT2D eigenvalue weighted by Gasteiger charge is -2.13. The van der Waals surface area contributed by atoms with Crippen molar-refractivity contribution in [2.24, 2.45) is 5.10 Å². The topological polar surface area (TPSA) is 100.0 Å². The molecule has 2 heterocycles. The van der Waals surface area contributed by atoms with Crippen molar-refractivity contribution >= 4 is 52.1 Å². The number of anilines is 1. The molecule has 0 bridgehead atoms. The van der Waals surface area contributed by atoms with Crippen LogP contribution >= 0.6 is 23.4 Å². The Bertz CT molecular complexity index is 1530. The predicted molar refractivity (Wildman–Crippen MR) is 149 cm³/mol. The van der Waals surface area contributed by atoms with Gasteiger partial charge in [-0.3, -0.25) is 9.36 Å². The Kier molecular flexibility index (Phi) is 7.53. The molecule has 3 N–H and O–H groups in total. The van der Waals surface area contributed by atoms with Crippen molar-refractivity contribution in [3.05, 3.63) is 101 Å². The summed E-state index contributed by atoms with van der Waals surface area (Å²) in [5.41, 5.74) is 6.38. The second kappa shape index (κ2) is 11.3. The highest BCUT2D eigenvalue weighted by Crippen LogP contribution is 2.26. The highest BCUT2D eigenvalue weighted by molar-refractivity contribution is 8.00. The molecule has 5 aromatic rings. The molecule has 1 atom stereocenters. The number of nitrogens with one attached hydrogen (secondary N) is 3. The number of amides is 1. The fourth-order valence-corrected chi connectivity index (χ4v) is 4.75. The zero-order valence-electron chi connectivity index (χ0n) is 19.9. The molecule has 10 heteroatoms. The van der Waals surface area contributed by atoms with Gasteiger partial charge in [0.15, 0.2) is 11.0 Å². The molecule has 0 unspecified atom stereocenters. The maximum Gasteiger partial charge on any atom is 0.253 e. The van der Waals surface area contributed by atoms with Crippen LogP contribution in [0.15, 0.2) is 95.3 Å². The molecule has 0 spiro atoms. The van der Waals surface area contributed by atoms with E-state index < -0.39 is 5.25 Å². The van der Waals surface area contributed by atoms with Gasteiger partial charge in [0, 0.05) is 39.1 Å². The molecule has 186 valence electrons. The van der Waals surface area contributed by atoms with Gasteiger partial charge in [-0.1, -0.05) is 59.8 Å². The molecule has 0 aliphatic rings. The lowest BCUT2D eigenvalue weighted by atomic mass is 10.2. The maximum absolute atomic E-state index is 12.8. The van der Waals surface area contributed by atoms with E-state index in [0.29, 0.717) is 22.5 Å². The monoisotopic (exact) mass is 529 g/mol. The van der Waals surface area contributed by atoms with Gasteiger partial charge in [-0.25, -0.2) is 5.43 Å². The average molecular weight is 530 g/mol. The van der Waals surface area contributed by atoms with Crippen LogP contribution in [0.5, 0.6) is 0 Å². The first-order valence-corrected chi connectivity index (χ1v) is 12.9. The molecule has 0 radical (unpaired) electrons. The van der Waals surface area contributed by atoms with E-state index in [9.17, 15) is 4.79 Å². The van der Waals surface area contributed by atoms with Crippen molar-refractivity contribution in [1.82, 2.24) is 25.2 Å². The van der Waals surface area contributed by atoms with Crippen LogP contribution in [0.2, 0.25) is 5.02 Å². The van der Waals surface area contributed by atoms with Gasteiger partial charge >= 0.3 is 0 Å². The van der Waals surface area contributed by atoms with Crippen molar-refractivity contribution < 1.29 is 4.79 Å². The zero-order valence-corrected chi connectivity index (χ0v) is 21.5. The number of para-hydroxylation sites is 2. The predicted octanol–water partition coefficient (Wildman–Crippen LogP) is 5.65. The quantitative estimate of drug-likeness (QED) is 0.130. The lowest BCUT2D eigenvalue weighted by molar-refractivity contribution is -0.120. The van der Waals surface area contributed by atoms with Gasteiger partial charge in [-0.15, -0.1) is 10.2 Å². The second-order valence-electron chi connectivity index (χ2n) is 8.21. The number of benzene rings is 3. The molecule has 1 amide bonds. The summed E-state index contributed by atoms with van der Waals surface area (Å²) in [7, 11) is 0. The summed E-state index contributed by atoms with van der Waals surface area (Å²) in [5.74, 6) is 0.484. The summed E-state index contributed by atoms with van der Waals surface area (Å²) in [4.78, 5) is 16.0. The molecule has 5 rings (SSSR count). The number of thioether (sulfide) groups is 1. The highest BCUT2D eigenvalue weighted by Gasteiger charge is 2.21. The van der Waals surface area contributed by atoms with Crippen LogP contribution in [0.3, 0.4) is 0 Å². The first kappa shape index (κ1) is 24.6. The van der Waals surface area contributed by atoms with Crippen LogP contribution in [0.1, 0.15) is 18.3 Å². The summed E-state index contributed by atoms with van der Waals surface area (Å²) in [6.07, 6.45) is 3.50. The van der Waals surface area contributed by atoms with E-state index in [0.717, 1.165) is 27.8 Å². The van der Waals surface area contributed by atoms with E-state index in [1.165, 1.54) is 11.8 Å². The zero-order chi connectivity index (χ0) is 25.6. The van der Waals surface area contributed by atoms with Crippen molar-refractivity contribution in [2.75, 3.05) is 5.32 Å². The summed E-state index contributed by atoms with van der Waals surface area (Å²) < 4.78 is 1.95. The van der Waals surface area contributed by atoms with E-state index >= 15 is 0 Å². The number of carbonyl (C=O) groups excluding carboxylic acids is 1. The third-order valence-electron chi connectivity index (χ3n) is 5.66. The van der Waals surface area contributed by atoms with Crippen LogP contribution in [0.25, 0.3) is 16.6 Å². The Morgan fingerprint density at radius 3 is 2.65 bits per heavy atom. The molecule has 0 saturated heterocycles. The van der Waals surface area contributed by atoms with Crippen molar-refractivity contribution in [1.29, 1.82) is 0 Å². The number of hydrogen-bond donors (Lipinski definition) is 3. The number of hydrazone groups is 1. The first-order valence-electron chi connectivity index (χ1n) is 11.6. The van der Waals surface area contributed by atoms with Gasteiger partial charge in [0.1, 0.15) is 0 Å². The number of rotatable bonds is 9. The molecule has 2 aromatic heterocycles. The molecular weight excluding hydrogens is 506 g/mol. The summed E-state index contributed by atoms with van der Waals surface area (Å²) in [6, 6.07) is 25.2. The largest absolute Gasteiger partial charge is 0.378 e. The Hall–Kier alpha value is -4.08. The molecule has 8 nitrogen and oxygen atoms in total. The first-order chi connectivity index (χ1) is 18.1. The summed E-state index contributed by atoms with van der Waals surface area (Å²) in [5, 5.41) is 18.2. The van der Waals surface area contributed by atoms with Crippen LogP contribution in [-0.4, -0.2) is 37.1 Å². The van der Waals surface area contributed by atoms with Crippen molar-refractivity contribution in [2.45, 2.75) is 23.9 Å². The van der Waals surface area contributed by atoms with Crippen molar-refractivity contribution in [3.8, 4) is 5.69 Å². The Morgan fingerprint density at radius 1 is 1.08 bits per heavy atom. The smallest absolute Gasteiger partial charge is 0.253 e. The van der Waals surface area contributed by atoms with E-state index in [1.807, 2.05) is 96.6 Å². The fraction of sp³-hybridized carbons (Fsp3) is 0.111. The third kappa shape index (κ3) is 5.84. The average Bonchev–Trinajstić information content (AvgIpc) is 3.52. The van der Waals surface area contributed by atoms with Gasteiger partial charge in [0.25, 0.3) is 5.91 Å². The Morgan fingerprint density at radius 2 is 1.84 bits per heavy atom. The van der Waals surface area contributed by atoms with Crippen molar-refractivity contribution in [3.63, 3.8) is 0 Å². The van der Waals surface area contributed by atoms with Crippen LogP contribution in [0.4, 0.5) is 5.69 Å². The van der Waals surface area contributed by atoms with Gasteiger partial charge < -0.3 is 10.3 Å². The van der Waals surface area contributed by atoms with E-state index in [-0.39, 0.29) is 5.91 Å². The SMILES string of the molecule is C[C@H](Sc1nnc(CNc2ccc(Cl)cc2)n1-c1ccccc1)C(=O)N/N=C/c1c[nH]c2ccccc12. The second-order valence-corrected chi connectivity index (χ2v) is 9.96. The highest BCUT2D eigenvalue weighted by atomic mass is 35.5. The van der Waals surface area contributed by atoms with E-state index in [4.69, 9.17) is 11.6 Å². The fourth-order valence-electron chi connectivity index (χ4n) is 3.75. The number of fused-ring (bicyclic) bond motifs is 1. The van der Waals surface area contributed by atoms with Gasteiger partial charge in [-0.05, 0) is 49.4 Å². The number of aromatic amines is 1. The third-order valence-corrected chi connectivity index (χ3v) is 6.96. The number of carbonyl (C=O) groups is 1. The van der Waals surface area contributed by atoms with Gasteiger partial charge in [0.2, 0.25) is 0 Å². The van der Waals surface area contributed by atoms with E-state index in [2.05, 4.69) is 31.0 Å². The number of nitrogens with zero attached hydrogens (tertiary/aromatic N) is 4. The minimum Gasteiger partial charge on any atom is -0.378 e. The minimum atomic E-state index is -0.455. The summed E-state index contributed by atoms with van der Waals surface area (Å²) in [6.45, 7) is 2.26. The number of H-pyrrole nitrogens is 1. The summed E-state index contributed by atoms with van der Waals surface area (Å²) >= 11 is 7.31. The molecule has 0 fully saturated rings. The van der Waals surface area contributed by atoms with Crippen LogP contribution in [-0.2, 0) is 11.3 Å². The van der Waals surface area contributed by atoms with Gasteiger partial charge in [0.05, 0.1) is 18.0 Å². The Balaban J connectivity index is 1.29. The normalized spacial score (nSPS) is 12.2. The Labute approximate surface area is 223 Å². The van der Waals surface area contributed by atoms with E-state index in [1.54, 1.807) is 6.21 Å². The number of aromatic nitrogens is 4. The molecule has 0 aliphatic carbocycles. The van der Waals surface area contributed by atoms with Gasteiger partial charge in [-0.2, -0.15) is 5.10 Å². The molecule has 0 saturated carbocycles. The lowest BCUT2D eigenvalue weighted by Crippen LogP contribution is -2.27. The van der Waals surface area contributed by atoms with Crippen LogP contribution < -0.4 is 10.7 Å². The molecule has 37 heavy (non-hydrogen) atoms. The molecule has 3 aromatic carbocycles. The molecular formula is C27H24ClN7OS. The van der Waals surface area contributed by atoms with Crippen LogP contribution in [0, 0.1) is 0 Å². The molecule has 0 aliphatic heterocycles.